The molecule has 0 radical (unpaired) electrons. The number of aromatic nitrogens is 2. The van der Waals surface area contributed by atoms with Crippen molar-refractivity contribution in [3.63, 3.8) is 0 Å². The van der Waals surface area contributed by atoms with Crippen LogP contribution in [0, 0.1) is 0 Å². The van der Waals surface area contributed by atoms with Gasteiger partial charge >= 0.3 is 0 Å². The summed E-state index contributed by atoms with van der Waals surface area (Å²) in [4.78, 5) is 13.3. The molecule has 0 bridgehead atoms. The van der Waals surface area contributed by atoms with E-state index < -0.39 is 11.3 Å². The first-order valence-corrected chi connectivity index (χ1v) is 13.1. The average molecular weight is 527 g/mol. The molecule has 4 rings (SSSR count). The fourth-order valence-electron chi connectivity index (χ4n) is 3.65. The number of carbonyl (C=O) groups is 1. The number of rotatable bonds is 9. The second-order valence-electron chi connectivity index (χ2n) is 7.81. The third-order valence-corrected chi connectivity index (χ3v) is 6.97. The summed E-state index contributed by atoms with van der Waals surface area (Å²) in [5.41, 5.74) is 3.60. The van der Waals surface area contributed by atoms with E-state index in [-0.39, 0.29) is 34.9 Å². The van der Waals surface area contributed by atoms with Crippen LogP contribution in [0.1, 0.15) is 45.7 Å². The fourth-order valence-corrected chi connectivity index (χ4v) is 5.03. The van der Waals surface area contributed by atoms with Gasteiger partial charge in [0.05, 0.1) is 29.0 Å². The lowest BCUT2D eigenvalue weighted by atomic mass is 10.1. The van der Waals surface area contributed by atoms with Gasteiger partial charge in [0.2, 0.25) is 0 Å². The Kier molecular flexibility index (Phi) is 8.25. The minimum atomic E-state index is -2.52. The van der Waals surface area contributed by atoms with Gasteiger partial charge in [-0.2, -0.15) is 8.75 Å². The highest BCUT2D eigenvalue weighted by atomic mass is 35.5. The van der Waals surface area contributed by atoms with E-state index in [1.165, 1.54) is 0 Å². The summed E-state index contributed by atoms with van der Waals surface area (Å²) in [5, 5.41) is 2.97. The number of nitrogens with one attached hydrogen (secondary N) is 1. The summed E-state index contributed by atoms with van der Waals surface area (Å²) in [6, 6.07) is 23.9. The molecule has 2 N–H and O–H groups in total. The molecule has 0 fully saturated rings. The summed E-state index contributed by atoms with van der Waals surface area (Å²) in [7, 11) is 0. The summed E-state index contributed by atoms with van der Waals surface area (Å²) >= 11 is 4.48. The highest BCUT2D eigenvalue weighted by Crippen LogP contribution is 2.34. The van der Waals surface area contributed by atoms with Gasteiger partial charge in [-0.15, -0.1) is 11.6 Å². The maximum Gasteiger partial charge on any atom is 0.268 e. The van der Waals surface area contributed by atoms with E-state index in [0.717, 1.165) is 27.2 Å². The fraction of sp³-hybridized carbons (Fsp3) is 0.160. The third kappa shape index (κ3) is 5.94. The molecule has 2 atom stereocenters. The van der Waals surface area contributed by atoms with E-state index >= 15 is 0 Å². The number of hydrogen-bond acceptors (Lipinski definition) is 5. The monoisotopic (exact) mass is 526 g/mol. The van der Waals surface area contributed by atoms with E-state index in [9.17, 15) is 13.6 Å². The van der Waals surface area contributed by atoms with Gasteiger partial charge in [0.1, 0.15) is 5.69 Å². The molecule has 10 heteroatoms. The van der Waals surface area contributed by atoms with Gasteiger partial charge in [0.25, 0.3) is 17.2 Å². The third-order valence-electron chi connectivity index (χ3n) is 5.43. The van der Waals surface area contributed by atoms with Crippen LogP contribution < -0.4 is 9.62 Å². The van der Waals surface area contributed by atoms with E-state index in [2.05, 4.69) is 14.1 Å². The maximum absolute atomic E-state index is 13.3. The second kappa shape index (κ2) is 11.5. The van der Waals surface area contributed by atoms with E-state index in [1.54, 1.807) is 18.2 Å². The van der Waals surface area contributed by atoms with Crippen molar-refractivity contribution < 1.29 is 13.6 Å². The van der Waals surface area contributed by atoms with Crippen LogP contribution in [0.3, 0.4) is 0 Å². The van der Waals surface area contributed by atoms with Gasteiger partial charge in [-0.05, 0) is 35.7 Å². The van der Waals surface area contributed by atoms with Crippen molar-refractivity contribution in [2.45, 2.75) is 25.3 Å². The van der Waals surface area contributed by atoms with Crippen LogP contribution in [0.4, 0.5) is 11.5 Å². The number of alkyl halides is 1. The van der Waals surface area contributed by atoms with Gasteiger partial charge in [0, 0.05) is 12.3 Å². The van der Waals surface area contributed by atoms with E-state index in [0.29, 0.717) is 17.7 Å². The van der Waals surface area contributed by atoms with Crippen LogP contribution in [-0.4, -0.2) is 23.4 Å². The quantitative estimate of drug-likeness (QED) is 0.217. The molecule has 4 aromatic rings. The predicted molar refractivity (Wildman–Crippen MR) is 140 cm³/mol. The number of hydrogen-bond donors (Lipinski definition) is 2. The molecule has 0 saturated heterocycles. The van der Waals surface area contributed by atoms with Crippen molar-refractivity contribution in [1.29, 1.82) is 0 Å². The highest BCUT2D eigenvalue weighted by molar-refractivity contribution is 7.81. The number of amides is 1. The molecule has 3 aromatic carbocycles. The van der Waals surface area contributed by atoms with Crippen molar-refractivity contribution in [1.82, 2.24) is 14.1 Å². The highest BCUT2D eigenvalue weighted by Gasteiger charge is 2.28. The number of anilines is 2. The molecule has 2 unspecified atom stereocenters. The summed E-state index contributed by atoms with van der Waals surface area (Å²) in [5.74, 6) is 0.00484. The number of benzene rings is 3. The zero-order valence-electron chi connectivity index (χ0n) is 18.8. The molecule has 180 valence electrons. The Morgan fingerprint density at radius 3 is 2.40 bits per heavy atom. The summed E-state index contributed by atoms with van der Waals surface area (Å²) < 4.78 is 32.8. The topological polar surface area (TPSA) is 95.4 Å². The van der Waals surface area contributed by atoms with Crippen molar-refractivity contribution >= 4 is 52.0 Å². The number of nitrogens with zero attached hydrogens (tertiary/aromatic N) is 3. The largest absolute Gasteiger partial charge is 0.345 e. The molecular weight excluding hydrogens is 504 g/mol. The van der Waals surface area contributed by atoms with E-state index in [1.807, 2.05) is 67.6 Å². The van der Waals surface area contributed by atoms with Crippen molar-refractivity contribution in [2.24, 2.45) is 0 Å². The first-order valence-electron chi connectivity index (χ1n) is 10.8. The molecule has 35 heavy (non-hydrogen) atoms. The Morgan fingerprint density at radius 2 is 1.74 bits per heavy atom. The number of halogens is 1. The maximum atomic E-state index is 13.3. The SMILES string of the molecule is CC(NC(=O)c1ccc(CCl)cc1N(c1nsnc1Cc1ccccc1)S(=O)O)c1ccccc1. The van der Waals surface area contributed by atoms with Crippen molar-refractivity contribution in [2.75, 3.05) is 4.31 Å². The van der Waals surface area contributed by atoms with Gasteiger partial charge < -0.3 is 5.32 Å². The lowest BCUT2D eigenvalue weighted by Crippen LogP contribution is -2.30. The van der Waals surface area contributed by atoms with Crippen molar-refractivity contribution in [3.05, 3.63) is 107 Å². The minimum absolute atomic E-state index is 0.174. The van der Waals surface area contributed by atoms with Crippen LogP contribution in [0.2, 0.25) is 0 Å². The zero-order valence-corrected chi connectivity index (χ0v) is 21.2. The van der Waals surface area contributed by atoms with Crippen LogP contribution in [0.5, 0.6) is 0 Å². The zero-order chi connectivity index (χ0) is 24.8. The molecular formula is C25H23ClN4O3S2. The van der Waals surface area contributed by atoms with E-state index in [4.69, 9.17) is 11.6 Å². The molecule has 0 aliphatic rings. The lowest BCUT2D eigenvalue weighted by molar-refractivity contribution is 0.0940. The molecule has 1 heterocycles. The molecule has 7 nitrogen and oxygen atoms in total. The minimum Gasteiger partial charge on any atom is -0.345 e. The van der Waals surface area contributed by atoms with Gasteiger partial charge in [-0.3, -0.25) is 9.35 Å². The smallest absolute Gasteiger partial charge is 0.268 e. The van der Waals surface area contributed by atoms with Gasteiger partial charge in [-0.25, -0.2) is 8.51 Å². The standard InChI is InChI=1S/C25H23ClN4O3S2/c1-17(20-10-6-3-7-11-20)27-25(31)21-13-12-19(16-26)15-23(21)30(35(32)33)24-22(28-34-29-24)14-18-8-4-2-5-9-18/h2-13,15,17H,14,16H2,1H3,(H,27,31)(H,32,33). The lowest BCUT2D eigenvalue weighted by Gasteiger charge is -2.23. The number of carbonyl (C=O) groups excluding carboxylic acids is 1. The van der Waals surface area contributed by atoms with Gasteiger partial charge in [-0.1, -0.05) is 66.7 Å². The second-order valence-corrected chi connectivity index (χ2v) is 9.44. The summed E-state index contributed by atoms with van der Waals surface area (Å²) in [6.07, 6.45) is 0.419. The van der Waals surface area contributed by atoms with Gasteiger partial charge in [0.15, 0.2) is 5.82 Å². The van der Waals surface area contributed by atoms with Crippen LogP contribution >= 0.6 is 23.3 Å². The Balaban J connectivity index is 1.72. The molecule has 1 aromatic heterocycles. The normalized spacial score (nSPS) is 12.7. The summed E-state index contributed by atoms with van der Waals surface area (Å²) in [6.45, 7) is 1.88. The van der Waals surface area contributed by atoms with Crippen molar-refractivity contribution in [3.8, 4) is 0 Å². The predicted octanol–water partition coefficient (Wildman–Crippen LogP) is 5.63. The Hall–Kier alpha value is -3.11. The Bertz CT molecular complexity index is 1320. The first-order chi connectivity index (χ1) is 17.0. The van der Waals surface area contributed by atoms with Crippen LogP contribution in [-0.2, 0) is 23.6 Å². The molecule has 0 spiro atoms. The molecule has 0 aliphatic heterocycles. The Morgan fingerprint density at radius 1 is 1.06 bits per heavy atom. The molecule has 0 saturated carbocycles. The molecule has 1 amide bonds. The Labute approximate surface area is 215 Å². The average Bonchev–Trinajstić information content (AvgIpc) is 3.32. The van der Waals surface area contributed by atoms with Crippen LogP contribution in [0.15, 0.2) is 78.9 Å². The first kappa shape index (κ1) is 25.0. The molecule has 0 aliphatic carbocycles. The van der Waals surface area contributed by atoms with Crippen LogP contribution in [0.25, 0.3) is 0 Å².